The van der Waals surface area contributed by atoms with Gasteiger partial charge in [0.05, 0.1) is 0 Å². The van der Waals surface area contributed by atoms with E-state index in [1.807, 2.05) is 24.3 Å². The van der Waals surface area contributed by atoms with Gasteiger partial charge in [0.25, 0.3) is 5.91 Å². The number of carbonyl (C=O) groups is 1. The smallest absolute Gasteiger partial charge is 0.251 e. The summed E-state index contributed by atoms with van der Waals surface area (Å²) >= 11 is 4.23. The fourth-order valence-corrected chi connectivity index (χ4v) is 2.18. The Morgan fingerprint density at radius 2 is 1.95 bits per heavy atom. The van der Waals surface area contributed by atoms with Crippen molar-refractivity contribution in [3.05, 3.63) is 65.2 Å². The van der Waals surface area contributed by atoms with Crippen LogP contribution in [0.15, 0.2) is 53.4 Å². The molecule has 3 heteroatoms. The molecule has 0 aliphatic carbocycles. The molecule has 2 nitrogen and oxygen atoms in total. The molecule has 0 bridgehead atoms. The predicted molar refractivity (Wildman–Crippen MR) is 80.9 cm³/mol. The van der Waals surface area contributed by atoms with Crippen molar-refractivity contribution in [1.29, 1.82) is 0 Å². The molecule has 2 aromatic carbocycles. The number of rotatable bonds is 4. The van der Waals surface area contributed by atoms with E-state index in [2.05, 4.69) is 37.0 Å². The lowest BCUT2D eigenvalue weighted by atomic mass is 10.1. The van der Waals surface area contributed by atoms with Crippen molar-refractivity contribution in [1.82, 2.24) is 5.32 Å². The molecule has 0 saturated carbocycles. The van der Waals surface area contributed by atoms with Gasteiger partial charge in [-0.1, -0.05) is 30.3 Å². The first-order valence-electron chi connectivity index (χ1n) is 6.28. The van der Waals surface area contributed by atoms with E-state index in [-0.39, 0.29) is 5.91 Å². The number of aryl methyl sites for hydroxylation is 1. The molecule has 0 aliphatic heterocycles. The van der Waals surface area contributed by atoms with Crippen LogP contribution in [0, 0.1) is 6.92 Å². The van der Waals surface area contributed by atoms with Gasteiger partial charge >= 0.3 is 0 Å². The number of carbonyl (C=O) groups excluding carboxylic acids is 1. The van der Waals surface area contributed by atoms with Crippen LogP contribution >= 0.6 is 12.6 Å². The SMILES string of the molecule is Cc1ccccc1CCNC(=O)c1cccc(S)c1. The zero-order valence-electron chi connectivity index (χ0n) is 10.9. The molecule has 0 atom stereocenters. The van der Waals surface area contributed by atoms with Crippen molar-refractivity contribution >= 4 is 18.5 Å². The van der Waals surface area contributed by atoms with Gasteiger partial charge in [0.15, 0.2) is 0 Å². The Kier molecular flexibility index (Phi) is 4.63. The van der Waals surface area contributed by atoms with E-state index < -0.39 is 0 Å². The molecular formula is C16H17NOS. The Morgan fingerprint density at radius 3 is 2.68 bits per heavy atom. The van der Waals surface area contributed by atoms with E-state index in [1.54, 1.807) is 12.1 Å². The molecule has 1 N–H and O–H groups in total. The third-order valence-corrected chi connectivity index (χ3v) is 3.33. The van der Waals surface area contributed by atoms with Crippen LogP contribution in [-0.2, 0) is 6.42 Å². The van der Waals surface area contributed by atoms with E-state index in [9.17, 15) is 4.79 Å². The molecule has 98 valence electrons. The lowest BCUT2D eigenvalue weighted by Gasteiger charge is -2.07. The molecule has 0 fully saturated rings. The van der Waals surface area contributed by atoms with E-state index >= 15 is 0 Å². The van der Waals surface area contributed by atoms with E-state index in [4.69, 9.17) is 0 Å². The van der Waals surface area contributed by atoms with Crippen LogP contribution in [-0.4, -0.2) is 12.5 Å². The topological polar surface area (TPSA) is 29.1 Å². The lowest BCUT2D eigenvalue weighted by molar-refractivity contribution is 0.0954. The predicted octanol–water partition coefficient (Wildman–Crippen LogP) is 3.26. The molecule has 0 spiro atoms. The normalized spacial score (nSPS) is 10.2. The maximum absolute atomic E-state index is 11.9. The summed E-state index contributed by atoms with van der Waals surface area (Å²) in [4.78, 5) is 12.7. The number of amides is 1. The highest BCUT2D eigenvalue weighted by molar-refractivity contribution is 7.80. The Morgan fingerprint density at radius 1 is 1.16 bits per heavy atom. The van der Waals surface area contributed by atoms with Crippen molar-refractivity contribution < 1.29 is 4.79 Å². The zero-order chi connectivity index (χ0) is 13.7. The highest BCUT2D eigenvalue weighted by Gasteiger charge is 2.05. The van der Waals surface area contributed by atoms with Crippen molar-refractivity contribution in [3.63, 3.8) is 0 Å². The average molecular weight is 271 g/mol. The molecule has 0 aliphatic rings. The summed E-state index contributed by atoms with van der Waals surface area (Å²) in [5.74, 6) is -0.0514. The highest BCUT2D eigenvalue weighted by atomic mass is 32.1. The Labute approximate surface area is 119 Å². The minimum absolute atomic E-state index is 0.0514. The molecule has 0 radical (unpaired) electrons. The van der Waals surface area contributed by atoms with E-state index in [1.165, 1.54) is 11.1 Å². The summed E-state index contributed by atoms with van der Waals surface area (Å²) in [6.45, 7) is 2.72. The second-order valence-electron chi connectivity index (χ2n) is 4.48. The van der Waals surface area contributed by atoms with Gasteiger partial charge in [-0.2, -0.15) is 0 Å². The molecule has 0 heterocycles. The van der Waals surface area contributed by atoms with Gasteiger partial charge in [0.2, 0.25) is 0 Å². The van der Waals surface area contributed by atoms with Crippen LogP contribution in [0.2, 0.25) is 0 Å². The molecule has 19 heavy (non-hydrogen) atoms. The number of nitrogens with one attached hydrogen (secondary N) is 1. The Bertz CT molecular complexity index is 580. The summed E-state index contributed by atoms with van der Waals surface area (Å²) in [7, 11) is 0. The summed E-state index contributed by atoms with van der Waals surface area (Å²) < 4.78 is 0. The lowest BCUT2D eigenvalue weighted by Crippen LogP contribution is -2.25. The Balaban J connectivity index is 1.90. The summed E-state index contributed by atoms with van der Waals surface area (Å²) in [5, 5.41) is 2.93. The first-order chi connectivity index (χ1) is 9.16. The number of thiol groups is 1. The maximum Gasteiger partial charge on any atom is 0.251 e. The molecule has 0 aromatic heterocycles. The van der Waals surface area contributed by atoms with Crippen LogP contribution in [0.5, 0.6) is 0 Å². The van der Waals surface area contributed by atoms with Crippen molar-refractivity contribution in [2.24, 2.45) is 0 Å². The van der Waals surface area contributed by atoms with Gasteiger partial charge in [-0.25, -0.2) is 0 Å². The third kappa shape index (κ3) is 3.86. The molecule has 2 aromatic rings. The minimum atomic E-state index is -0.0514. The van der Waals surface area contributed by atoms with Crippen LogP contribution in [0.4, 0.5) is 0 Å². The molecule has 0 saturated heterocycles. The van der Waals surface area contributed by atoms with Crippen LogP contribution < -0.4 is 5.32 Å². The van der Waals surface area contributed by atoms with Gasteiger partial charge < -0.3 is 5.32 Å². The van der Waals surface area contributed by atoms with Gasteiger partial charge in [0, 0.05) is 17.0 Å². The number of benzene rings is 2. The van der Waals surface area contributed by atoms with E-state index in [0.29, 0.717) is 12.1 Å². The minimum Gasteiger partial charge on any atom is -0.352 e. The van der Waals surface area contributed by atoms with Gasteiger partial charge in [-0.3, -0.25) is 4.79 Å². The first kappa shape index (κ1) is 13.7. The zero-order valence-corrected chi connectivity index (χ0v) is 11.8. The van der Waals surface area contributed by atoms with E-state index in [0.717, 1.165) is 11.3 Å². The largest absolute Gasteiger partial charge is 0.352 e. The number of hydrogen-bond acceptors (Lipinski definition) is 2. The standard InChI is InChI=1S/C16H17NOS/c1-12-5-2-3-6-13(12)9-10-17-16(18)14-7-4-8-15(19)11-14/h2-8,11,19H,9-10H2,1H3,(H,17,18). The molecular weight excluding hydrogens is 254 g/mol. The Hall–Kier alpha value is -1.74. The maximum atomic E-state index is 11.9. The van der Waals surface area contributed by atoms with Crippen LogP contribution in [0.1, 0.15) is 21.5 Å². The van der Waals surface area contributed by atoms with Crippen molar-refractivity contribution in [2.75, 3.05) is 6.54 Å². The fourth-order valence-electron chi connectivity index (χ4n) is 1.95. The monoisotopic (exact) mass is 271 g/mol. The van der Waals surface area contributed by atoms with Gasteiger partial charge in [-0.15, -0.1) is 12.6 Å². The highest BCUT2D eigenvalue weighted by Crippen LogP contribution is 2.09. The summed E-state index contributed by atoms with van der Waals surface area (Å²) in [6.07, 6.45) is 0.846. The van der Waals surface area contributed by atoms with Gasteiger partial charge in [-0.05, 0) is 42.7 Å². The molecule has 2 rings (SSSR count). The van der Waals surface area contributed by atoms with Crippen LogP contribution in [0.25, 0.3) is 0 Å². The number of hydrogen-bond donors (Lipinski definition) is 2. The summed E-state index contributed by atoms with van der Waals surface area (Å²) in [5.41, 5.74) is 3.18. The fraction of sp³-hybridized carbons (Fsp3) is 0.188. The molecule has 1 amide bonds. The summed E-state index contributed by atoms with van der Waals surface area (Å²) in [6, 6.07) is 15.5. The third-order valence-electron chi connectivity index (χ3n) is 3.05. The quantitative estimate of drug-likeness (QED) is 0.821. The average Bonchev–Trinajstić information content (AvgIpc) is 2.41. The second kappa shape index (κ2) is 6.43. The van der Waals surface area contributed by atoms with Crippen LogP contribution in [0.3, 0.4) is 0 Å². The van der Waals surface area contributed by atoms with Crippen molar-refractivity contribution in [3.8, 4) is 0 Å². The van der Waals surface area contributed by atoms with Gasteiger partial charge in [0.1, 0.15) is 0 Å². The first-order valence-corrected chi connectivity index (χ1v) is 6.73. The second-order valence-corrected chi connectivity index (χ2v) is 5.00. The van der Waals surface area contributed by atoms with Crippen molar-refractivity contribution in [2.45, 2.75) is 18.2 Å². The molecule has 0 unspecified atom stereocenters.